The number of carbonyl (C=O) groups excluding carboxylic acids is 1. The van der Waals surface area contributed by atoms with E-state index in [-0.39, 0.29) is 29.8 Å². The zero-order chi connectivity index (χ0) is 23.4. The topological polar surface area (TPSA) is 117 Å². The lowest BCUT2D eigenvalue weighted by molar-refractivity contribution is -0.131. The third-order valence-corrected chi connectivity index (χ3v) is 8.77. The molecule has 0 radical (unpaired) electrons. The summed E-state index contributed by atoms with van der Waals surface area (Å²) in [6.07, 6.45) is 0.381. The van der Waals surface area contributed by atoms with Crippen LogP contribution in [0.25, 0.3) is 0 Å². The van der Waals surface area contributed by atoms with Crippen molar-refractivity contribution >= 4 is 40.1 Å². The Kier molecular flexibility index (Phi) is 8.58. The van der Waals surface area contributed by atoms with E-state index >= 15 is 0 Å². The summed E-state index contributed by atoms with van der Waals surface area (Å²) < 4.78 is 28.7. The zero-order valence-corrected chi connectivity index (χ0v) is 20.7. The minimum atomic E-state index is -3.90. The molecule has 2 aromatic carbocycles. The number of amides is 1. The first-order valence-electron chi connectivity index (χ1n) is 10.5. The molecule has 11 heteroatoms. The van der Waals surface area contributed by atoms with Gasteiger partial charge in [0.25, 0.3) is 0 Å². The number of nitrogens with zero attached hydrogens (tertiary/aromatic N) is 4. The van der Waals surface area contributed by atoms with Gasteiger partial charge in [-0.3, -0.25) is 4.79 Å². The van der Waals surface area contributed by atoms with Crippen molar-refractivity contribution in [3.8, 4) is 12.1 Å². The predicted octanol–water partition coefficient (Wildman–Crippen LogP) is 2.31. The lowest BCUT2D eigenvalue weighted by atomic mass is 10.1. The molecule has 1 amide bonds. The minimum Gasteiger partial charge on any atom is -0.331 e. The van der Waals surface area contributed by atoms with Crippen LogP contribution in [-0.2, 0) is 21.4 Å². The Hall–Kier alpha value is -2.60. The average molecular weight is 518 g/mol. The molecular formula is C23H24ClN5O3S2. The third-order valence-electron chi connectivity index (χ3n) is 5.89. The van der Waals surface area contributed by atoms with Crippen molar-refractivity contribution in [2.45, 2.75) is 29.9 Å². The molecule has 4 rings (SSSR count). The van der Waals surface area contributed by atoms with Crippen LogP contribution in [0.2, 0.25) is 0 Å². The molecule has 2 heterocycles. The van der Waals surface area contributed by atoms with E-state index < -0.39 is 22.1 Å². The number of thioether (sulfide) groups is 1. The molecule has 34 heavy (non-hydrogen) atoms. The van der Waals surface area contributed by atoms with Crippen molar-refractivity contribution in [3.05, 3.63) is 65.2 Å². The Morgan fingerprint density at radius 2 is 1.71 bits per heavy atom. The molecule has 2 aromatic rings. The van der Waals surface area contributed by atoms with Crippen molar-refractivity contribution in [3.63, 3.8) is 0 Å². The highest BCUT2D eigenvalue weighted by Gasteiger charge is 2.40. The van der Waals surface area contributed by atoms with E-state index in [1.165, 1.54) is 28.6 Å². The number of benzene rings is 2. The Labute approximate surface area is 210 Å². The Morgan fingerprint density at radius 3 is 2.26 bits per heavy atom. The van der Waals surface area contributed by atoms with Gasteiger partial charge in [-0.15, -0.1) is 24.2 Å². The van der Waals surface area contributed by atoms with E-state index in [2.05, 4.69) is 11.4 Å². The fraction of sp³-hybridized carbons (Fsp3) is 0.348. The molecule has 0 saturated carbocycles. The fourth-order valence-corrected chi connectivity index (χ4v) is 6.62. The first-order chi connectivity index (χ1) is 15.9. The van der Waals surface area contributed by atoms with Crippen LogP contribution in [0.1, 0.15) is 23.1 Å². The van der Waals surface area contributed by atoms with Crippen molar-refractivity contribution in [2.24, 2.45) is 0 Å². The summed E-state index contributed by atoms with van der Waals surface area (Å²) >= 11 is 1.71. The van der Waals surface area contributed by atoms with Crippen LogP contribution >= 0.6 is 24.2 Å². The van der Waals surface area contributed by atoms with Gasteiger partial charge in [-0.1, -0.05) is 12.1 Å². The molecular weight excluding hydrogens is 494 g/mol. The Bertz CT molecular complexity index is 1200. The van der Waals surface area contributed by atoms with Crippen molar-refractivity contribution in [1.82, 2.24) is 14.5 Å². The van der Waals surface area contributed by atoms with Gasteiger partial charge in [-0.05, 0) is 48.4 Å². The van der Waals surface area contributed by atoms with E-state index in [1.54, 1.807) is 36.0 Å². The van der Waals surface area contributed by atoms with Crippen LogP contribution in [0, 0.1) is 22.7 Å². The number of rotatable bonds is 6. The normalized spacial score (nSPS) is 19.9. The summed E-state index contributed by atoms with van der Waals surface area (Å²) in [5.41, 5.74) is 1.62. The molecule has 0 aromatic heterocycles. The number of sulfonamides is 1. The second-order valence-corrected chi connectivity index (χ2v) is 10.9. The van der Waals surface area contributed by atoms with Gasteiger partial charge < -0.3 is 10.2 Å². The van der Waals surface area contributed by atoms with Gasteiger partial charge in [-0.25, -0.2) is 8.42 Å². The van der Waals surface area contributed by atoms with Crippen LogP contribution in [-0.4, -0.2) is 60.3 Å². The molecule has 178 valence electrons. The van der Waals surface area contributed by atoms with Crippen molar-refractivity contribution in [1.29, 1.82) is 10.5 Å². The second-order valence-electron chi connectivity index (χ2n) is 7.98. The highest BCUT2D eigenvalue weighted by molar-refractivity contribution is 7.99. The van der Waals surface area contributed by atoms with Crippen LogP contribution in [0.5, 0.6) is 0 Å². The SMILES string of the molecule is Cl.N#Cc1ccc(CN([C@@H]2CN[C@H](C(=O)N3CCSC3)C2)S(=O)(=O)c2ccc(C#N)cc2)cc1. The molecule has 2 saturated heterocycles. The Balaban J connectivity index is 0.00000324. The molecule has 0 unspecified atom stereocenters. The van der Waals surface area contributed by atoms with E-state index in [4.69, 9.17) is 10.5 Å². The molecule has 2 aliphatic rings. The molecule has 1 N–H and O–H groups in total. The summed E-state index contributed by atoms with van der Waals surface area (Å²) in [5, 5.41) is 21.3. The van der Waals surface area contributed by atoms with Crippen molar-refractivity contribution < 1.29 is 13.2 Å². The minimum absolute atomic E-state index is 0. The molecule has 2 atom stereocenters. The first-order valence-corrected chi connectivity index (χ1v) is 13.1. The number of hydrogen-bond donors (Lipinski definition) is 1. The maximum Gasteiger partial charge on any atom is 0.243 e. The quantitative estimate of drug-likeness (QED) is 0.624. The lowest BCUT2D eigenvalue weighted by Crippen LogP contribution is -2.42. The number of nitriles is 2. The van der Waals surface area contributed by atoms with Gasteiger partial charge in [0.1, 0.15) is 0 Å². The number of nitrogens with one attached hydrogen (secondary N) is 1. The van der Waals surface area contributed by atoms with Gasteiger partial charge in [-0.2, -0.15) is 14.8 Å². The smallest absolute Gasteiger partial charge is 0.243 e. The van der Waals surface area contributed by atoms with E-state index in [0.717, 1.165) is 11.3 Å². The summed E-state index contributed by atoms with van der Waals surface area (Å²) in [7, 11) is -3.90. The fourth-order valence-electron chi connectivity index (χ4n) is 4.04. The standard InChI is InChI=1S/C23H23N5O3S2.ClH/c24-12-17-1-3-19(4-2-17)15-28(33(30,31)21-7-5-18(13-25)6-8-21)20-11-22(26-14-20)23(29)27-9-10-32-16-27;/h1-8,20,22,26H,9-11,14-16H2;1H/t20-,22-;/m0./s1. The molecule has 0 bridgehead atoms. The highest BCUT2D eigenvalue weighted by atomic mass is 35.5. The summed E-state index contributed by atoms with van der Waals surface area (Å²) in [5.74, 6) is 1.59. The number of carbonyl (C=O) groups is 1. The van der Waals surface area contributed by atoms with Crippen molar-refractivity contribution in [2.75, 3.05) is 24.7 Å². The lowest BCUT2D eigenvalue weighted by Gasteiger charge is -2.28. The third kappa shape index (κ3) is 5.54. The van der Waals surface area contributed by atoms with Crippen LogP contribution in [0.4, 0.5) is 0 Å². The average Bonchev–Trinajstić information content (AvgIpc) is 3.55. The van der Waals surface area contributed by atoms with Crippen LogP contribution < -0.4 is 5.32 Å². The first kappa shape index (κ1) is 26.0. The largest absolute Gasteiger partial charge is 0.331 e. The number of halogens is 1. The van der Waals surface area contributed by atoms with E-state index in [1.807, 2.05) is 11.0 Å². The highest BCUT2D eigenvalue weighted by Crippen LogP contribution is 2.27. The molecule has 0 aliphatic carbocycles. The van der Waals surface area contributed by atoms with Gasteiger partial charge >= 0.3 is 0 Å². The molecule has 8 nitrogen and oxygen atoms in total. The second kappa shape index (κ2) is 11.2. The van der Waals surface area contributed by atoms with E-state index in [9.17, 15) is 13.2 Å². The molecule has 2 fully saturated rings. The van der Waals surface area contributed by atoms with Gasteiger partial charge in [0, 0.05) is 31.4 Å². The number of hydrogen-bond acceptors (Lipinski definition) is 7. The maximum absolute atomic E-state index is 13.6. The van der Waals surface area contributed by atoms with Gasteiger partial charge in [0.05, 0.1) is 40.1 Å². The van der Waals surface area contributed by atoms with Gasteiger partial charge in [0.2, 0.25) is 15.9 Å². The zero-order valence-electron chi connectivity index (χ0n) is 18.3. The maximum atomic E-state index is 13.6. The van der Waals surface area contributed by atoms with E-state index in [0.29, 0.717) is 36.5 Å². The molecule has 2 aliphatic heterocycles. The molecule has 0 spiro atoms. The summed E-state index contributed by atoms with van der Waals surface area (Å²) in [6, 6.07) is 15.9. The predicted molar refractivity (Wildman–Crippen MR) is 132 cm³/mol. The van der Waals surface area contributed by atoms with Gasteiger partial charge in [0.15, 0.2) is 0 Å². The summed E-state index contributed by atoms with van der Waals surface area (Å²) in [6.45, 7) is 1.19. The van der Waals surface area contributed by atoms with Crippen LogP contribution in [0.15, 0.2) is 53.4 Å². The monoisotopic (exact) mass is 517 g/mol. The van der Waals surface area contributed by atoms with Crippen LogP contribution in [0.3, 0.4) is 0 Å². The Morgan fingerprint density at radius 1 is 1.09 bits per heavy atom. The summed E-state index contributed by atoms with van der Waals surface area (Å²) in [4.78, 5) is 14.8.